The lowest BCUT2D eigenvalue weighted by molar-refractivity contribution is -0.207. The Balaban J connectivity index is 2.10. The monoisotopic (exact) mass is 434 g/mol. The molecule has 0 bridgehead atoms. The molecule has 0 aliphatic carbocycles. The molecule has 0 saturated heterocycles. The van der Waals surface area contributed by atoms with Gasteiger partial charge in [-0.05, 0) is 43.5 Å². The van der Waals surface area contributed by atoms with E-state index in [0.717, 1.165) is 19.3 Å². The molecule has 0 spiro atoms. The van der Waals surface area contributed by atoms with E-state index in [9.17, 15) is 27.6 Å². The number of aryl methyl sites for hydroxylation is 1. The van der Waals surface area contributed by atoms with Crippen LogP contribution >= 0.6 is 0 Å². The molecule has 1 aromatic rings. The molecule has 12 heteroatoms. The Kier molecular flexibility index (Phi) is 11.2. The van der Waals surface area contributed by atoms with Crippen LogP contribution in [0.4, 0.5) is 13.2 Å². The number of nitrogens with one attached hydrogen (secondary N) is 3. The molecule has 0 unspecified atom stereocenters. The van der Waals surface area contributed by atoms with Crippen LogP contribution in [-0.4, -0.2) is 56.7 Å². The molecule has 2 amide bonds. The number of carbonyl (C=O) groups is 3. The van der Waals surface area contributed by atoms with Gasteiger partial charge < -0.3 is 20.6 Å². The van der Waals surface area contributed by atoms with Gasteiger partial charge in [-0.2, -0.15) is 18.7 Å². The van der Waals surface area contributed by atoms with Crippen LogP contribution in [-0.2, 0) is 25.6 Å². The summed E-state index contributed by atoms with van der Waals surface area (Å²) in [6, 6.07) is 7.60. The van der Waals surface area contributed by atoms with E-state index in [4.69, 9.17) is 10.5 Å². The zero-order valence-corrected chi connectivity index (χ0v) is 16.2. The smallest absolute Gasteiger partial charge is 0.492 e. The lowest BCUT2D eigenvalue weighted by Gasteiger charge is -2.10. The summed E-state index contributed by atoms with van der Waals surface area (Å²) in [6.07, 6.45) is -2.27. The fourth-order valence-electron chi connectivity index (χ4n) is 2.13. The summed E-state index contributed by atoms with van der Waals surface area (Å²) in [5.74, 6) is -3.38. The molecular weight excluding hydrogens is 409 g/mol. The first kappa shape index (κ1) is 25.2. The van der Waals surface area contributed by atoms with Crippen molar-refractivity contribution >= 4 is 17.8 Å². The van der Waals surface area contributed by atoms with Crippen molar-refractivity contribution < 1.29 is 37.1 Å². The Labute approximate surface area is 171 Å². The maximum atomic E-state index is 11.9. The van der Waals surface area contributed by atoms with Gasteiger partial charge in [-0.25, -0.2) is 4.79 Å². The summed E-state index contributed by atoms with van der Waals surface area (Å²) in [6.45, 7) is 0.331. The van der Waals surface area contributed by atoms with E-state index < -0.39 is 30.5 Å². The molecule has 5 N–H and O–H groups in total. The number of rotatable bonds is 12. The summed E-state index contributed by atoms with van der Waals surface area (Å²) in [4.78, 5) is 36.8. The highest BCUT2D eigenvalue weighted by molar-refractivity contribution is 5.82. The normalized spacial score (nSPS) is 10.9. The second kappa shape index (κ2) is 13.4. The van der Waals surface area contributed by atoms with Crippen LogP contribution in [0.15, 0.2) is 24.3 Å². The molecule has 30 heavy (non-hydrogen) atoms. The molecule has 0 heterocycles. The lowest BCUT2D eigenvalue weighted by atomic mass is 10.1. The third-order valence-corrected chi connectivity index (χ3v) is 3.60. The average Bonchev–Trinajstić information content (AvgIpc) is 2.70. The number of ether oxygens (including phenoxy) is 1. The summed E-state index contributed by atoms with van der Waals surface area (Å²) in [5.41, 5.74) is 7.97. The number of alkyl halides is 3. The van der Waals surface area contributed by atoms with Crippen LogP contribution in [0.2, 0.25) is 0 Å². The number of unbranched alkanes of at least 4 members (excludes halogenated alkanes) is 1. The number of carbonyl (C=O) groups excluding carboxylic acids is 3. The lowest BCUT2D eigenvalue weighted by Crippen LogP contribution is -2.42. The van der Waals surface area contributed by atoms with Crippen molar-refractivity contribution in [3.05, 3.63) is 29.8 Å². The fourth-order valence-corrected chi connectivity index (χ4v) is 2.13. The van der Waals surface area contributed by atoms with Gasteiger partial charge in [-0.3, -0.25) is 14.9 Å². The Hall–Kier alpha value is -2.86. The Morgan fingerprint density at radius 1 is 1.00 bits per heavy atom. The fraction of sp³-hybridized carbons (Fsp3) is 0.500. The predicted octanol–water partition coefficient (Wildman–Crippen LogP) is 0.189. The van der Waals surface area contributed by atoms with Gasteiger partial charge in [-0.1, -0.05) is 12.1 Å². The van der Waals surface area contributed by atoms with Crippen molar-refractivity contribution in [3.63, 3.8) is 0 Å². The van der Waals surface area contributed by atoms with Crippen LogP contribution < -0.4 is 26.6 Å². The van der Waals surface area contributed by atoms with E-state index in [1.54, 1.807) is 0 Å². The van der Waals surface area contributed by atoms with Gasteiger partial charge >= 0.3 is 12.1 Å². The molecule has 0 saturated carbocycles. The number of hydrogen-bond acceptors (Lipinski definition) is 7. The number of hydroxylamine groups is 1. The summed E-state index contributed by atoms with van der Waals surface area (Å²) < 4.78 is 41.1. The molecule has 0 atom stereocenters. The highest BCUT2D eigenvalue weighted by Crippen LogP contribution is 2.15. The summed E-state index contributed by atoms with van der Waals surface area (Å²) in [7, 11) is 0. The molecule has 0 aromatic heterocycles. The van der Waals surface area contributed by atoms with Gasteiger partial charge in [0.1, 0.15) is 12.4 Å². The highest BCUT2D eigenvalue weighted by atomic mass is 19.4. The third-order valence-electron chi connectivity index (χ3n) is 3.60. The van der Waals surface area contributed by atoms with Gasteiger partial charge in [0.15, 0.2) is 0 Å². The molecule has 1 rings (SSSR count). The van der Waals surface area contributed by atoms with E-state index in [2.05, 4.69) is 15.5 Å². The first-order valence-electron chi connectivity index (χ1n) is 9.18. The van der Waals surface area contributed by atoms with Crippen LogP contribution in [0.3, 0.4) is 0 Å². The largest absolute Gasteiger partial charge is 0.493 e. The standard InChI is InChI=1S/C18H25F3N4O5/c19-18(20,21)17(28)30-25-16(27)12-23-11-15(26)24-9-10-29-14-6-4-13(5-7-14)3-1-2-8-22/h4-7,23H,1-3,8-12,22H2,(H,24,26)(H,25,27). The predicted molar refractivity (Wildman–Crippen MR) is 100 cm³/mol. The second-order valence-electron chi connectivity index (χ2n) is 6.10. The van der Waals surface area contributed by atoms with Crippen LogP contribution in [0.25, 0.3) is 0 Å². The summed E-state index contributed by atoms with van der Waals surface area (Å²) in [5, 5.41) is 4.93. The summed E-state index contributed by atoms with van der Waals surface area (Å²) >= 11 is 0. The minimum Gasteiger partial charge on any atom is -0.492 e. The zero-order valence-electron chi connectivity index (χ0n) is 16.2. The van der Waals surface area contributed by atoms with Gasteiger partial charge in [-0.15, -0.1) is 0 Å². The molecule has 0 aliphatic rings. The molecule has 0 radical (unpaired) electrons. The van der Waals surface area contributed by atoms with E-state index in [0.29, 0.717) is 12.3 Å². The molecule has 0 aliphatic heterocycles. The highest BCUT2D eigenvalue weighted by Gasteiger charge is 2.41. The maximum absolute atomic E-state index is 11.9. The number of halogens is 3. The third kappa shape index (κ3) is 11.2. The van der Waals surface area contributed by atoms with Crippen molar-refractivity contribution in [1.29, 1.82) is 0 Å². The minimum atomic E-state index is -5.21. The molecule has 168 valence electrons. The van der Waals surface area contributed by atoms with Crippen molar-refractivity contribution in [1.82, 2.24) is 16.1 Å². The number of hydrogen-bond donors (Lipinski definition) is 4. The molecule has 9 nitrogen and oxygen atoms in total. The topological polar surface area (TPSA) is 132 Å². The molecule has 1 aromatic carbocycles. The van der Waals surface area contributed by atoms with Gasteiger partial charge in [0, 0.05) is 0 Å². The SMILES string of the molecule is NCCCCc1ccc(OCCNC(=O)CNCC(=O)NOC(=O)C(F)(F)F)cc1. The van der Waals surface area contributed by atoms with Gasteiger partial charge in [0.05, 0.1) is 19.6 Å². The first-order chi connectivity index (χ1) is 14.2. The number of amides is 2. The van der Waals surface area contributed by atoms with Crippen molar-refractivity contribution in [3.8, 4) is 5.75 Å². The molecule has 0 fully saturated rings. The average molecular weight is 434 g/mol. The minimum absolute atomic E-state index is 0.216. The number of benzene rings is 1. The van der Waals surface area contributed by atoms with E-state index in [1.807, 2.05) is 24.3 Å². The zero-order chi connectivity index (χ0) is 22.4. The second-order valence-corrected chi connectivity index (χ2v) is 6.10. The van der Waals surface area contributed by atoms with E-state index >= 15 is 0 Å². The van der Waals surface area contributed by atoms with Crippen LogP contribution in [0.1, 0.15) is 18.4 Å². The maximum Gasteiger partial charge on any atom is 0.493 e. The van der Waals surface area contributed by atoms with Crippen molar-refractivity contribution in [2.45, 2.75) is 25.4 Å². The van der Waals surface area contributed by atoms with Crippen molar-refractivity contribution in [2.75, 3.05) is 32.8 Å². The van der Waals surface area contributed by atoms with Gasteiger partial charge in [0.25, 0.3) is 5.91 Å². The van der Waals surface area contributed by atoms with E-state index in [1.165, 1.54) is 11.0 Å². The Bertz CT molecular complexity index is 683. The quantitative estimate of drug-likeness (QED) is 0.273. The van der Waals surface area contributed by atoms with Crippen LogP contribution in [0.5, 0.6) is 5.75 Å². The Morgan fingerprint density at radius 2 is 1.67 bits per heavy atom. The van der Waals surface area contributed by atoms with Crippen molar-refractivity contribution in [2.24, 2.45) is 5.73 Å². The van der Waals surface area contributed by atoms with E-state index in [-0.39, 0.29) is 19.7 Å². The van der Waals surface area contributed by atoms with Crippen LogP contribution in [0, 0.1) is 0 Å². The molecular formula is C18H25F3N4O5. The Morgan fingerprint density at radius 3 is 2.30 bits per heavy atom. The van der Waals surface area contributed by atoms with Gasteiger partial charge in [0.2, 0.25) is 5.91 Å². The number of nitrogens with two attached hydrogens (primary N) is 1. The first-order valence-corrected chi connectivity index (χ1v) is 9.18.